The van der Waals surface area contributed by atoms with Crippen LogP contribution in [-0.4, -0.2) is 53.2 Å². The molecule has 0 aliphatic carbocycles. The lowest BCUT2D eigenvalue weighted by Crippen LogP contribution is -2.39. The molecule has 1 amide bonds. The molecular weight excluding hydrogens is 264 g/mol. The van der Waals surface area contributed by atoms with Crippen LogP contribution in [0.2, 0.25) is 0 Å². The Morgan fingerprint density at radius 1 is 1.68 bits per heavy atom. The summed E-state index contributed by atoms with van der Waals surface area (Å²) in [4.78, 5) is 17.9. The molecule has 2 heterocycles. The number of anilines is 1. The first-order valence-corrected chi connectivity index (χ1v) is 7.43. The SMILES string of the molecule is Nc1nc(C(=O)NCCCN2CCC[C@H](O)C2)cs1. The first kappa shape index (κ1) is 14.2. The molecule has 0 aromatic carbocycles. The molecule has 1 atom stereocenters. The molecule has 0 radical (unpaired) electrons. The van der Waals surface area contributed by atoms with Crippen LogP contribution in [-0.2, 0) is 0 Å². The molecule has 1 aromatic heterocycles. The monoisotopic (exact) mass is 284 g/mol. The Bertz CT molecular complexity index is 424. The van der Waals surface area contributed by atoms with E-state index in [0.717, 1.165) is 38.9 Å². The third-order valence-corrected chi connectivity index (χ3v) is 3.85. The second kappa shape index (κ2) is 6.83. The van der Waals surface area contributed by atoms with Gasteiger partial charge in [0.1, 0.15) is 5.69 Å². The number of aliphatic hydroxyl groups is 1. The van der Waals surface area contributed by atoms with Crippen molar-refractivity contribution in [1.29, 1.82) is 0 Å². The lowest BCUT2D eigenvalue weighted by molar-refractivity contribution is 0.0697. The van der Waals surface area contributed by atoms with Crippen molar-refractivity contribution in [1.82, 2.24) is 15.2 Å². The maximum Gasteiger partial charge on any atom is 0.270 e. The Balaban J connectivity index is 1.62. The highest BCUT2D eigenvalue weighted by atomic mass is 32.1. The number of nitrogens with two attached hydrogens (primary N) is 1. The number of β-amino-alcohol motifs (C(OH)–C–C–N with tert-alkyl or cyclic N) is 1. The van der Waals surface area contributed by atoms with Crippen LogP contribution in [0, 0.1) is 0 Å². The first-order chi connectivity index (χ1) is 9.15. The minimum atomic E-state index is -0.193. The summed E-state index contributed by atoms with van der Waals surface area (Å²) in [6.45, 7) is 3.30. The van der Waals surface area contributed by atoms with Crippen LogP contribution in [0.3, 0.4) is 0 Å². The van der Waals surface area contributed by atoms with Gasteiger partial charge in [0.05, 0.1) is 6.10 Å². The van der Waals surface area contributed by atoms with E-state index in [0.29, 0.717) is 17.4 Å². The predicted molar refractivity (Wildman–Crippen MR) is 75.2 cm³/mol. The highest BCUT2D eigenvalue weighted by Gasteiger charge is 2.17. The van der Waals surface area contributed by atoms with Crippen LogP contribution in [0.15, 0.2) is 5.38 Å². The lowest BCUT2D eigenvalue weighted by atomic mass is 10.1. The molecule has 1 saturated heterocycles. The number of thiazole rings is 1. The molecule has 1 aliphatic heterocycles. The second-order valence-electron chi connectivity index (χ2n) is 4.78. The van der Waals surface area contributed by atoms with E-state index in [9.17, 15) is 9.90 Å². The van der Waals surface area contributed by atoms with Crippen LogP contribution in [0.1, 0.15) is 29.8 Å². The van der Waals surface area contributed by atoms with E-state index < -0.39 is 0 Å². The number of rotatable bonds is 5. The minimum Gasteiger partial charge on any atom is -0.392 e. The topological polar surface area (TPSA) is 91.5 Å². The Labute approximate surface area is 116 Å². The van der Waals surface area contributed by atoms with Crippen molar-refractivity contribution in [2.75, 3.05) is 31.9 Å². The molecular formula is C12H20N4O2S. The minimum absolute atomic E-state index is 0.174. The summed E-state index contributed by atoms with van der Waals surface area (Å²) in [6.07, 6.45) is 2.63. The van der Waals surface area contributed by atoms with Gasteiger partial charge in [0.15, 0.2) is 5.13 Å². The maximum atomic E-state index is 11.7. The number of carbonyl (C=O) groups is 1. The molecule has 6 nitrogen and oxygen atoms in total. The summed E-state index contributed by atoms with van der Waals surface area (Å²) in [5.74, 6) is -0.174. The Kier molecular flexibility index (Phi) is 5.12. The highest BCUT2D eigenvalue weighted by Crippen LogP contribution is 2.11. The van der Waals surface area contributed by atoms with Gasteiger partial charge in [0, 0.05) is 18.5 Å². The molecule has 1 fully saturated rings. The highest BCUT2D eigenvalue weighted by molar-refractivity contribution is 7.13. The van der Waals surface area contributed by atoms with Gasteiger partial charge in [-0.1, -0.05) is 0 Å². The number of likely N-dealkylation sites (tertiary alicyclic amines) is 1. The van der Waals surface area contributed by atoms with Gasteiger partial charge in [-0.05, 0) is 32.4 Å². The number of nitrogens with one attached hydrogen (secondary N) is 1. The van der Waals surface area contributed by atoms with Gasteiger partial charge in [-0.2, -0.15) is 0 Å². The van der Waals surface area contributed by atoms with Crippen LogP contribution in [0.25, 0.3) is 0 Å². The molecule has 1 aliphatic rings. The van der Waals surface area contributed by atoms with Gasteiger partial charge in [-0.3, -0.25) is 4.79 Å². The number of nitrogens with zero attached hydrogens (tertiary/aromatic N) is 2. The van der Waals surface area contributed by atoms with Gasteiger partial charge in [-0.25, -0.2) is 4.98 Å². The van der Waals surface area contributed by atoms with E-state index in [1.165, 1.54) is 11.3 Å². The summed E-state index contributed by atoms with van der Waals surface area (Å²) in [7, 11) is 0. The third-order valence-electron chi connectivity index (χ3n) is 3.17. The molecule has 4 N–H and O–H groups in total. The lowest BCUT2D eigenvalue weighted by Gasteiger charge is -2.29. The van der Waals surface area contributed by atoms with Crippen molar-refractivity contribution in [3.05, 3.63) is 11.1 Å². The van der Waals surface area contributed by atoms with Crippen molar-refractivity contribution < 1.29 is 9.90 Å². The Hall–Kier alpha value is -1.18. The smallest absolute Gasteiger partial charge is 0.270 e. The first-order valence-electron chi connectivity index (χ1n) is 6.55. The number of piperidine rings is 1. The van der Waals surface area contributed by atoms with Crippen LogP contribution < -0.4 is 11.1 Å². The van der Waals surface area contributed by atoms with Crippen molar-refractivity contribution >= 4 is 22.4 Å². The molecule has 19 heavy (non-hydrogen) atoms. The van der Waals surface area contributed by atoms with E-state index in [2.05, 4.69) is 15.2 Å². The van der Waals surface area contributed by atoms with Crippen molar-refractivity contribution in [3.63, 3.8) is 0 Å². The zero-order valence-electron chi connectivity index (χ0n) is 10.8. The van der Waals surface area contributed by atoms with E-state index in [1.54, 1.807) is 5.38 Å². The second-order valence-corrected chi connectivity index (χ2v) is 5.67. The number of hydrogen-bond acceptors (Lipinski definition) is 6. The number of hydrogen-bond donors (Lipinski definition) is 3. The molecule has 0 saturated carbocycles. The van der Waals surface area contributed by atoms with Gasteiger partial charge >= 0.3 is 0 Å². The number of nitrogen functional groups attached to an aromatic ring is 1. The number of carbonyl (C=O) groups excluding carboxylic acids is 1. The number of amides is 1. The zero-order chi connectivity index (χ0) is 13.7. The fourth-order valence-electron chi connectivity index (χ4n) is 2.22. The summed E-state index contributed by atoms with van der Waals surface area (Å²) in [6, 6.07) is 0. The average Bonchev–Trinajstić information content (AvgIpc) is 2.81. The third kappa shape index (κ3) is 4.45. The fourth-order valence-corrected chi connectivity index (χ4v) is 2.76. The van der Waals surface area contributed by atoms with Gasteiger partial charge in [0.25, 0.3) is 5.91 Å². The summed E-state index contributed by atoms with van der Waals surface area (Å²) >= 11 is 1.26. The van der Waals surface area contributed by atoms with Crippen molar-refractivity contribution in [3.8, 4) is 0 Å². The van der Waals surface area contributed by atoms with Gasteiger partial charge in [-0.15, -0.1) is 11.3 Å². The zero-order valence-corrected chi connectivity index (χ0v) is 11.7. The number of aliphatic hydroxyl groups excluding tert-OH is 1. The van der Waals surface area contributed by atoms with E-state index >= 15 is 0 Å². The molecule has 1 aromatic rings. The summed E-state index contributed by atoms with van der Waals surface area (Å²) in [5.41, 5.74) is 5.86. The maximum absolute atomic E-state index is 11.7. The van der Waals surface area contributed by atoms with Gasteiger partial charge in [0.2, 0.25) is 0 Å². The van der Waals surface area contributed by atoms with Crippen LogP contribution >= 0.6 is 11.3 Å². The molecule has 0 spiro atoms. The van der Waals surface area contributed by atoms with Gasteiger partial charge < -0.3 is 21.1 Å². The van der Waals surface area contributed by atoms with E-state index in [4.69, 9.17) is 5.73 Å². The normalized spacial score (nSPS) is 20.4. The average molecular weight is 284 g/mol. The standard InChI is InChI=1S/C12H20N4O2S/c13-12-15-10(8-19-12)11(18)14-4-2-6-16-5-1-3-9(17)7-16/h8-9,17H,1-7H2,(H2,13,15)(H,14,18)/t9-/m0/s1. The van der Waals surface area contributed by atoms with E-state index in [-0.39, 0.29) is 12.0 Å². The van der Waals surface area contributed by atoms with Crippen LogP contribution in [0.5, 0.6) is 0 Å². The quantitative estimate of drug-likeness (QED) is 0.677. The fraction of sp³-hybridized carbons (Fsp3) is 0.667. The number of aromatic nitrogens is 1. The molecule has 0 unspecified atom stereocenters. The van der Waals surface area contributed by atoms with E-state index in [1.807, 2.05) is 0 Å². The Morgan fingerprint density at radius 2 is 2.53 bits per heavy atom. The van der Waals surface area contributed by atoms with Crippen molar-refractivity contribution in [2.45, 2.75) is 25.4 Å². The predicted octanol–water partition coefficient (Wildman–Crippen LogP) is 0.302. The molecule has 106 valence electrons. The molecule has 7 heteroatoms. The largest absolute Gasteiger partial charge is 0.392 e. The Morgan fingerprint density at radius 3 is 3.21 bits per heavy atom. The van der Waals surface area contributed by atoms with Crippen molar-refractivity contribution in [2.24, 2.45) is 0 Å². The summed E-state index contributed by atoms with van der Waals surface area (Å²) < 4.78 is 0. The summed E-state index contributed by atoms with van der Waals surface area (Å²) in [5, 5.41) is 14.4. The molecule has 0 bridgehead atoms. The molecule has 2 rings (SSSR count). The van der Waals surface area contributed by atoms with Crippen LogP contribution in [0.4, 0.5) is 5.13 Å².